The van der Waals surface area contributed by atoms with E-state index in [2.05, 4.69) is 35.4 Å². The summed E-state index contributed by atoms with van der Waals surface area (Å²) in [6, 6.07) is 8.41. The van der Waals surface area contributed by atoms with Crippen molar-refractivity contribution in [2.24, 2.45) is 5.73 Å². The number of carboxylic acid groups (broad SMARTS) is 2. The molecule has 23 heavy (non-hydrogen) atoms. The van der Waals surface area contributed by atoms with Crippen LogP contribution >= 0.6 is 11.8 Å². The van der Waals surface area contributed by atoms with Gasteiger partial charge in [0.2, 0.25) is 0 Å². The van der Waals surface area contributed by atoms with Crippen LogP contribution in [-0.2, 0) is 9.59 Å². The molecule has 1 heterocycles. The summed E-state index contributed by atoms with van der Waals surface area (Å²) in [5.41, 5.74) is 6.68. The van der Waals surface area contributed by atoms with Crippen LogP contribution in [0, 0.1) is 0 Å². The molecule has 0 aliphatic heterocycles. The van der Waals surface area contributed by atoms with E-state index in [9.17, 15) is 9.59 Å². The lowest BCUT2D eigenvalue weighted by Crippen LogP contribution is -1.98. The van der Waals surface area contributed by atoms with Crippen molar-refractivity contribution >= 4 is 34.6 Å². The van der Waals surface area contributed by atoms with Crippen LogP contribution in [-0.4, -0.2) is 39.4 Å². The van der Waals surface area contributed by atoms with E-state index in [0.29, 0.717) is 12.2 Å². The number of carboxylic acids is 2. The molecule has 0 bridgehead atoms. The minimum absolute atomic E-state index is 0.558. The molecule has 0 aliphatic rings. The Hall–Kier alpha value is -2.25. The van der Waals surface area contributed by atoms with Crippen LogP contribution in [0.3, 0.4) is 0 Å². The van der Waals surface area contributed by atoms with E-state index in [1.54, 1.807) is 0 Å². The Bertz CT molecular complexity index is 651. The van der Waals surface area contributed by atoms with Crippen molar-refractivity contribution in [2.45, 2.75) is 17.7 Å². The van der Waals surface area contributed by atoms with Crippen LogP contribution < -0.4 is 5.73 Å². The molecule has 1 aromatic carbocycles. The van der Waals surface area contributed by atoms with Crippen LogP contribution in [0.1, 0.15) is 12.8 Å². The van der Waals surface area contributed by atoms with Crippen molar-refractivity contribution in [3.8, 4) is 0 Å². The molecule has 5 N–H and O–H groups in total. The maximum Gasteiger partial charge on any atom is 0.328 e. The second-order valence-electron chi connectivity index (χ2n) is 4.55. The molecule has 0 spiro atoms. The first-order valence-electron chi connectivity index (χ1n) is 7.07. The third kappa shape index (κ3) is 7.53. The highest BCUT2D eigenvalue weighted by Gasteiger charge is 2.02. The van der Waals surface area contributed by atoms with Gasteiger partial charge in [-0.1, -0.05) is 18.2 Å². The van der Waals surface area contributed by atoms with Crippen molar-refractivity contribution in [2.75, 3.05) is 12.3 Å². The zero-order valence-corrected chi connectivity index (χ0v) is 13.4. The van der Waals surface area contributed by atoms with Gasteiger partial charge in [-0.3, -0.25) is 0 Å². The molecule has 0 amide bonds. The van der Waals surface area contributed by atoms with Crippen molar-refractivity contribution < 1.29 is 19.8 Å². The maximum absolute atomic E-state index is 9.55. The summed E-state index contributed by atoms with van der Waals surface area (Å²) in [5, 5.41) is 17.0. The van der Waals surface area contributed by atoms with Crippen LogP contribution in [0.25, 0.3) is 10.9 Å². The van der Waals surface area contributed by atoms with E-state index in [0.717, 1.165) is 18.7 Å². The van der Waals surface area contributed by atoms with E-state index >= 15 is 0 Å². The predicted octanol–water partition coefficient (Wildman–Crippen LogP) is 2.71. The van der Waals surface area contributed by atoms with E-state index in [1.165, 1.54) is 22.2 Å². The van der Waals surface area contributed by atoms with Gasteiger partial charge in [0, 0.05) is 34.1 Å². The number of rotatable bonds is 7. The smallest absolute Gasteiger partial charge is 0.328 e. The molecule has 0 unspecified atom stereocenters. The van der Waals surface area contributed by atoms with Crippen molar-refractivity contribution in [3.63, 3.8) is 0 Å². The Morgan fingerprint density at radius 3 is 2.39 bits per heavy atom. The SMILES string of the molecule is NCCCCSc1c[nH]c2ccccc12.O=C(O)/C=C/C(=O)O. The highest BCUT2D eigenvalue weighted by molar-refractivity contribution is 7.99. The number of nitrogens with two attached hydrogens (primary N) is 1. The number of aliphatic carboxylic acids is 2. The molecule has 6 nitrogen and oxygen atoms in total. The number of aromatic nitrogens is 1. The third-order valence-electron chi connectivity index (χ3n) is 2.78. The number of benzene rings is 1. The molecule has 0 saturated carbocycles. The van der Waals surface area contributed by atoms with Crippen molar-refractivity contribution in [1.82, 2.24) is 4.98 Å². The summed E-state index contributed by atoms with van der Waals surface area (Å²) in [4.78, 5) is 23.7. The van der Waals surface area contributed by atoms with Gasteiger partial charge in [-0.15, -0.1) is 11.8 Å². The molecule has 124 valence electrons. The van der Waals surface area contributed by atoms with Gasteiger partial charge in [-0.05, 0) is 31.2 Å². The van der Waals surface area contributed by atoms with Gasteiger partial charge in [-0.2, -0.15) is 0 Å². The quantitative estimate of drug-likeness (QED) is 0.351. The summed E-state index contributed by atoms with van der Waals surface area (Å²) in [7, 11) is 0. The van der Waals surface area contributed by atoms with Gasteiger partial charge in [0.25, 0.3) is 0 Å². The Balaban J connectivity index is 0.000000284. The van der Waals surface area contributed by atoms with Gasteiger partial charge in [0.05, 0.1) is 0 Å². The molecule has 0 fully saturated rings. The monoisotopic (exact) mass is 336 g/mol. The number of aromatic amines is 1. The second kappa shape index (κ2) is 10.5. The summed E-state index contributed by atoms with van der Waals surface area (Å²) in [6.45, 7) is 0.800. The first kappa shape index (κ1) is 18.8. The van der Waals surface area contributed by atoms with E-state index in [-0.39, 0.29) is 0 Å². The fourth-order valence-corrected chi connectivity index (χ4v) is 2.78. The number of H-pyrrole nitrogens is 1. The summed E-state index contributed by atoms with van der Waals surface area (Å²) in [6.07, 6.45) is 5.53. The standard InChI is InChI=1S/C12H16N2S.C4H4O4/c13-7-3-4-8-15-12-9-14-11-6-2-1-5-10(11)12;5-3(6)1-2-4(7)8/h1-2,5-6,9,14H,3-4,7-8,13H2;1-2H,(H,5,6)(H,7,8)/b;2-1+. The molecule has 0 atom stereocenters. The van der Waals surface area contributed by atoms with Gasteiger partial charge < -0.3 is 20.9 Å². The summed E-state index contributed by atoms with van der Waals surface area (Å²) >= 11 is 1.91. The van der Waals surface area contributed by atoms with Crippen LogP contribution in [0.4, 0.5) is 0 Å². The van der Waals surface area contributed by atoms with Crippen molar-refractivity contribution in [1.29, 1.82) is 0 Å². The van der Waals surface area contributed by atoms with Gasteiger partial charge >= 0.3 is 11.9 Å². The van der Waals surface area contributed by atoms with Gasteiger partial charge in [0.15, 0.2) is 0 Å². The molecule has 1 aromatic heterocycles. The Kier molecular flexibility index (Phi) is 8.56. The lowest BCUT2D eigenvalue weighted by atomic mass is 10.2. The number of thioether (sulfide) groups is 1. The van der Waals surface area contributed by atoms with E-state index in [4.69, 9.17) is 15.9 Å². The molecule has 0 aliphatic carbocycles. The number of carbonyl (C=O) groups is 2. The third-order valence-corrected chi connectivity index (χ3v) is 3.92. The average Bonchev–Trinajstić information content (AvgIpc) is 2.94. The number of para-hydroxylation sites is 1. The van der Waals surface area contributed by atoms with Crippen LogP contribution in [0.5, 0.6) is 0 Å². The predicted molar refractivity (Wildman–Crippen MR) is 91.7 cm³/mol. The lowest BCUT2D eigenvalue weighted by Gasteiger charge is -1.98. The number of unbranched alkanes of at least 4 members (excludes halogenated alkanes) is 1. The zero-order chi connectivity index (χ0) is 17.1. The number of hydrogen-bond acceptors (Lipinski definition) is 4. The summed E-state index contributed by atoms with van der Waals surface area (Å²) < 4.78 is 0. The van der Waals surface area contributed by atoms with E-state index < -0.39 is 11.9 Å². The largest absolute Gasteiger partial charge is 0.478 e. The fraction of sp³-hybridized carbons (Fsp3) is 0.250. The molecule has 7 heteroatoms. The minimum atomic E-state index is -1.26. The maximum atomic E-state index is 9.55. The fourth-order valence-electron chi connectivity index (χ4n) is 1.74. The molecule has 0 radical (unpaired) electrons. The van der Waals surface area contributed by atoms with Gasteiger partial charge in [-0.25, -0.2) is 9.59 Å². The topological polar surface area (TPSA) is 116 Å². The Morgan fingerprint density at radius 1 is 1.13 bits per heavy atom. The zero-order valence-electron chi connectivity index (χ0n) is 12.6. The normalized spacial score (nSPS) is 10.5. The average molecular weight is 336 g/mol. The van der Waals surface area contributed by atoms with E-state index in [1.807, 2.05) is 11.8 Å². The first-order valence-corrected chi connectivity index (χ1v) is 8.06. The number of nitrogens with one attached hydrogen (secondary N) is 1. The van der Waals surface area contributed by atoms with Crippen LogP contribution in [0.2, 0.25) is 0 Å². The van der Waals surface area contributed by atoms with Crippen LogP contribution in [0.15, 0.2) is 47.5 Å². The molecular weight excluding hydrogens is 316 g/mol. The van der Waals surface area contributed by atoms with Crippen molar-refractivity contribution in [3.05, 3.63) is 42.6 Å². The molecule has 0 saturated heterocycles. The second-order valence-corrected chi connectivity index (χ2v) is 5.69. The highest BCUT2D eigenvalue weighted by Crippen LogP contribution is 2.28. The number of fused-ring (bicyclic) bond motifs is 1. The van der Waals surface area contributed by atoms with Gasteiger partial charge in [0.1, 0.15) is 0 Å². The molecule has 2 aromatic rings. The lowest BCUT2D eigenvalue weighted by molar-refractivity contribution is -0.134. The molecule has 2 rings (SSSR count). The minimum Gasteiger partial charge on any atom is -0.478 e. The Labute approximate surface area is 138 Å². The number of hydrogen-bond donors (Lipinski definition) is 4. The highest BCUT2D eigenvalue weighted by atomic mass is 32.2. The Morgan fingerprint density at radius 2 is 1.78 bits per heavy atom. The summed E-state index contributed by atoms with van der Waals surface area (Å²) in [5.74, 6) is -1.36. The molecular formula is C16H20N2O4S. The first-order chi connectivity index (χ1) is 11.0.